The number of carbonyl (C=O) groups excluding carboxylic acids is 2. The normalized spacial score (nSPS) is 10.5. The zero-order valence-corrected chi connectivity index (χ0v) is 12.1. The van der Waals surface area contributed by atoms with E-state index < -0.39 is 11.9 Å². The Hall–Kier alpha value is -1.23. The SMILES string of the molecule is CCOC(=O)/C=C/C(=O)Nc1cc(Cl)c(Cl)cc1Cl. The third-order valence-electron chi connectivity index (χ3n) is 1.93. The highest BCUT2D eigenvalue weighted by Gasteiger charge is 2.08. The molecule has 0 bridgehead atoms. The molecule has 4 nitrogen and oxygen atoms in total. The van der Waals surface area contributed by atoms with E-state index in [4.69, 9.17) is 34.8 Å². The summed E-state index contributed by atoms with van der Waals surface area (Å²) in [6.45, 7) is 1.91. The van der Waals surface area contributed by atoms with Gasteiger partial charge in [-0.05, 0) is 19.1 Å². The van der Waals surface area contributed by atoms with Crippen LogP contribution < -0.4 is 5.32 Å². The third kappa shape index (κ3) is 5.11. The van der Waals surface area contributed by atoms with Crippen molar-refractivity contribution in [3.05, 3.63) is 39.4 Å². The predicted octanol–water partition coefficient (Wildman–Crippen LogP) is 3.70. The molecule has 0 atom stereocenters. The van der Waals surface area contributed by atoms with E-state index in [2.05, 4.69) is 10.1 Å². The van der Waals surface area contributed by atoms with Gasteiger partial charge in [0.2, 0.25) is 5.91 Å². The van der Waals surface area contributed by atoms with Crippen molar-refractivity contribution in [2.24, 2.45) is 0 Å². The van der Waals surface area contributed by atoms with Gasteiger partial charge in [-0.2, -0.15) is 0 Å². The van der Waals surface area contributed by atoms with Crippen LogP contribution >= 0.6 is 34.8 Å². The van der Waals surface area contributed by atoms with Crippen molar-refractivity contribution in [3.63, 3.8) is 0 Å². The summed E-state index contributed by atoms with van der Waals surface area (Å²) < 4.78 is 4.63. The van der Waals surface area contributed by atoms with Crippen LogP contribution in [0.15, 0.2) is 24.3 Å². The minimum absolute atomic E-state index is 0.239. The Labute approximate surface area is 125 Å². The highest BCUT2D eigenvalue weighted by atomic mass is 35.5. The van der Waals surface area contributed by atoms with Crippen LogP contribution in [0.5, 0.6) is 0 Å². The maximum Gasteiger partial charge on any atom is 0.330 e. The molecule has 0 radical (unpaired) electrons. The second kappa shape index (κ2) is 7.38. The van der Waals surface area contributed by atoms with Gasteiger partial charge in [0.05, 0.1) is 27.4 Å². The van der Waals surface area contributed by atoms with Gasteiger partial charge in [-0.3, -0.25) is 4.79 Å². The zero-order chi connectivity index (χ0) is 14.4. The summed E-state index contributed by atoms with van der Waals surface area (Å²) in [5.74, 6) is -1.13. The molecule has 1 aromatic rings. The number of hydrogen-bond acceptors (Lipinski definition) is 3. The maximum atomic E-state index is 11.5. The van der Waals surface area contributed by atoms with E-state index in [1.165, 1.54) is 12.1 Å². The van der Waals surface area contributed by atoms with E-state index in [0.29, 0.717) is 5.69 Å². The van der Waals surface area contributed by atoms with Crippen LogP contribution in [0.25, 0.3) is 0 Å². The number of anilines is 1. The van der Waals surface area contributed by atoms with Gasteiger partial charge in [0, 0.05) is 12.2 Å². The smallest absolute Gasteiger partial charge is 0.330 e. The van der Waals surface area contributed by atoms with Crippen LogP contribution in [0.4, 0.5) is 5.69 Å². The fourth-order valence-electron chi connectivity index (χ4n) is 1.13. The second-order valence-electron chi connectivity index (χ2n) is 3.32. The molecule has 1 rings (SSSR count). The molecule has 7 heteroatoms. The lowest BCUT2D eigenvalue weighted by Crippen LogP contribution is -2.10. The first-order valence-corrected chi connectivity index (χ1v) is 6.37. The number of hydrogen-bond donors (Lipinski definition) is 1. The van der Waals surface area contributed by atoms with Gasteiger partial charge in [0.25, 0.3) is 0 Å². The number of esters is 1. The Morgan fingerprint density at radius 3 is 2.42 bits per heavy atom. The topological polar surface area (TPSA) is 55.4 Å². The van der Waals surface area contributed by atoms with Crippen molar-refractivity contribution in [2.45, 2.75) is 6.92 Å². The number of halogens is 3. The molecule has 19 heavy (non-hydrogen) atoms. The highest BCUT2D eigenvalue weighted by Crippen LogP contribution is 2.32. The van der Waals surface area contributed by atoms with E-state index in [0.717, 1.165) is 12.2 Å². The molecule has 1 aromatic carbocycles. The molecule has 0 heterocycles. The average molecular weight is 323 g/mol. The summed E-state index contributed by atoms with van der Waals surface area (Å²) in [4.78, 5) is 22.5. The summed E-state index contributed by atoms with van der Waals surface area (Å²) in [6.07, 6.45) is 2.06. The Morgan fingerprint density at radius 1 is 1.16 bits per heavy atom. The van der Waals surface area contributed by atoms with E-state index >= 15 is 0 Å². The number of rotatable bonds is 4. The Kier molecular flexibility index (Phi) is 6.15. The third-order valence-corrected chi connectivity index (χ3v) is 2.96. The molecule has 0 aliphatic rings. The molecule has 0 spiro atoms. The van der Waals surface area contributed by atoms with Crippen LogP contribution in [0.1, 0.15) is 6.92 Å². The summed E-state index contributed by atoms with van der Waals surface area (Å²) >= 11 is 17.4. The summed E-state index contributed by atoms with van der Waals surface area (Å²) in [5, 5.41) is 3.25. The number of nitrogens with one attached hydrogen (secondary N) is 1. The van der Waals surface area contributed by atoms with E-state index in [1.54, 1.807) is 6.92 Å². The Balaban J connectivity index is 2.72. The molecular formula is C12H10Cl3NO3. The van der Waals surface area contributed by atoms with Gasteiger partial charge in [0.15, 0.2) is 0 Å². The van der Waals surface area contributed by atoms with Crippen LogP contribution in [0, 0.1) is 0 Å². The fourth-order valence-corrected chi connectivity index (χ4v) is 1.72. The van der Waals surface area contributed by atoms with Crippen molar-refractivity contribution < 1.29 is 14.3 Å². The van der Waals surface area contributed by atoms with Crippen molar-refractivity contribution in [2.75, 3.05) is 11.9 Å². The molecule has 1 amide bonds. The average Bonchev–Trinajstić information content (AvgIpc) is 2.34. The van der Waals surface area contributed by atoms with Gasteiger partial charge in [-0.15, -0.1) is 0 Å². The van der Waals surface area contributed by atoms with E-state index in [1.807, 2.05) is 0 Å². The van der Waals surface area contributed by atoms with Gasteiger partial charge in [-0.1, -0.05) is 34.8 Å². The lowest BCUT2D eigenvalue weighted by atomic mass is 10.3. The summed E-state index contributed by atoms with van der Waals surface area (Å²) in [7, 11) is 0. The fraction of sp³-hybridized carbons (Fsp3) is 0.167. The molecule has 0 fully saturated rings. The Morgan fingerprint density at radius 2 is 1.79 bits per heavy atom. The molecule has 0 aromatic heterocycles. The number of amides is 1. The molecule has 0 aliphatic heterocycles. The van der Waals surface area contributed by atoms with Gasteiger partial charge < -0.3 is 10.1 Å². The number of benzene rings is 1. The quantitative estimate of drug-likeness (QED) is 0.522. The molecule has 0 unspecified atom stereocenters. The lowest BCUT2D eigenvalue weighted by Gasteiger charge is -2.06. The minimum atomic E-state index is -0.599. The maximum absolute atomic E-state index is 11.5. The predicted molar refractivity (Wildman–Crippen MR) is 75.9 cm³/mol. The summed E-state index contributed by atoms with van der Waals surface area (Å²) in [5.41, 5.74) is 0.301. The van der Waals surface area contributed by atoms with Crippen molar-refractivity contribution in [1.82, 2.24) is 0 Å². The molecule has 102 valence electrons. The first kappa shape index (κ1) is 15.8. The first-order valence-electron chi connectivity index (χ1n) is 5.24. The molecule has 1 N–H and O–H groups in total. The van der Waals surface area contributed by atoms with Crippen LogP contribution in [0.2, 0.25) is 15.1 Å². The van der Waals surface area contributed by atoms with Gasteiger partial charge in [-0.25, -0.2) is 4.79 Å². The van der Waals surface area contributed by atoms with Crippen LogP contribution in [-0.4, -0.2) is 18.5 Å². The van der Waals surface area contributed by atoms with Crippen molar-refractivity contribution in [1.29, 1.82) is 0 Å². The zero-order valence-electron chi connectivity index (χ0n) is 9.88. The monoisotopic (exact) mass is 321 g/mol. The first-order chi connectivity index (χ1) is 8.93. The van der Waals surface area contributed by atoms with Crippen molar-refractivity contribution >= 4 is 52.4 Å². The largest absolute Gasteiger partial charge is 0.463 e. The highest BCUT2D eigenvalue weighted by molar-refractivity contribution is 6.44. The van der Waals surface area contributed by atoms with E-state index in [9.17, 15) is 9.59 Å². The van der Waals surface area contributed by atoms with E-state index in [-0.39, 0.29) is 21.7 Å². The minimum Gasteiger partial charge on any atom is -0.463 e. The lowest BCUT2D eigenvalue weighted by molar-refractivity contribution is -0.137. The number of ether oxygens (including phenoxy) is 1. The molecule has 0 saturated heterocycles. The Bertz CT molecular complexity index is 529. The van der Waals surface area contributed by atoms with Gasteiger partial charge >= 0.3 is 5.97 Å². The molecule has 0 aliphatic carbocycles. The van der Waals surface area contributed by atoms with Gasteiger partial charge in [0.1, 0.15) is 0 Å². The van der Waals surface area contributed by atoms with Crippen LogP contribution in [0.3, 0.4) is 0 Å². The van der Waals surface area contributed by atoms with Crippen LogP contribution in [-0.2, 0) is 14.3 Å². The number of carbonyl (C=O) groups is 2. The standard InChI is InChI=1S/C12H10Cl3NO3/c1-2-19-12(18)4-3-11(17)16-10-6-8(14)7(13)5-9(10)15/h3-6H,2H2,1H3,(H,16,17)/b4-3+. The molecular weight excluding hydrogens is 312 g/mol. The molecule has 0 saturated carbocycles. The summed E-state index contributed by atoms with van der Waals surface area (Å²) in [6, 6.07) is 2.83. The van der Waals surface area contributed by atoms with Crippen molar-refractivity contribution in [3.8, 4) is 0 Å². The second-order valence-corrected chi connectivity index (χ2v) is 4.54.